The third-order valence-electron chi connectivity index (χ3n) is 5.64. The summed E-state index contributed by atoms with van der Waals surface area (Å²) < 4.78 is 46.5. The number of hydrogen-bond acceptors (Lipinski definition) is 6. The minimum absolute atomic E-state index is 0.341. The molecule has 0 spiro atoms. The Kier molecular flexibility index (Phi) is 8.76. The second-order valence-corrected chi connectivity index (χ2v) is 10.2. The maximum Gasteiger partial charge on any atom is 0.324 e. The van der Waals surface area contributed by atoms with Gasteiger partial charge in [-0.15, -0.1) is 0 Å². The van der Waals surface area contributed by atoms with E-state index in [9.17, 15) is 22.4 Å². The van der Waals surface area contributed by atoms with Gasteiger partial charge >= 0.3 is 5.97 Å². The van der Waals surface area contributed by atoms with Crippen LogP contribution in [-0.2, 0) is 30.9 Å². The van der Waals surface area contributed by atoms with E-state index in [1.54, 1.807) is 18.7 Å². The van der Waals surface area contributed by atoms with Crippen LogP contribution in [0.5, 0.6) is 0 Å². The third-order valence-corrected chi connectivity index (χ3v) is 7.12. The molecule has 10 heteroatoms. The summed E-state index contributed by atoms with van der Waals surface area (Å²) in [6, 6.07) is 13.7. The van der Waals surface area contributed by atoms with Crippen molar-refractivity contribution in [3.05, 3.63) is 66.0 Å². The van der Waals surface area contributed by atoms with Gasteiger partial charge in [-0.2, -0.15) is 4.72 Å². The Morgan fingerprint density at radius 3 is 2.24 bits per heavy atom. The lowest BCUT2D eigenvalue weighted by Gasteiger charge is -2.34. The maximum atomic E-state index is 14.0. The molecule has 1 aliphatic heterocycles. The number of rotatable bonds is 9. The zero-order valence-corrected chi connectivity index (χ0v) is 20.1. The topological polar surface area (TPSA) is 96.0 Å². The summed E-state index contributed by atoms with van der Waals surface area (Å²) in [6.45, 7) is 6.00. The van der Waals surface area contributed by atoms with Gasteiger partial charge in [0, 0.05) is 32.7 Å². The normalized spacial score (nSPS) is 15.8. The first kappa shape index (κ1) is 25.8. The zero-order chi connectivity index (χ0) is 24.7. The molecule has 1 N–H and O–H groups in total. The fourth-order valence-corrected chi connectivity index (χ4v) is 5.07. The summed E-state index contributed by atoms with van der Waals surface area (Å²) in [6.07, 6.45) is 0. The number of hydrogen-bond donors (Lipinski definition) is 1. The van der Waals surface area contributed by atoms with Crippen LogP contribution in [0.25, 0.3) is 0 Å². The van der Waals surface area contributed by atoms with Crippen molar-refractivity contribution in [3.8, 4) is 0 Å². The fourth-order valence-electron chi connectivity index (χ4n) is 3.66. The zero-order valence-electron chi connectivity index (χ0n) is 19.3. The van der Waals surface area contributed by atoms with E-state index in [0.717, 1.165) is 18.7 Å². The maximum absolute atomic E-state index is 14.0. The summed E-state index contributed by atoms with van der Waals surface area (Å²) in [4.78, 5) is 28.5. The molecule has 1 saturated heterocycles. The Bertz CT molecular complexity index is 1090. The number of halogens is 1. The predicted octanol–water partition coefficient (Wildman–Crippen LogP) is 2.02. The summed E-state index contributed by atoms with van der Waals surface area (Å²) in [5.41, 5.74) is 1.20. The minimum atomic E-state index is -4.30. The molecule has 0 aliphatic carbocycles. The summed E-state index contributed by atoms with van der Waals surface area (Å²) in [5.74, 6) is -2.63. The van der Waals surface area contributed by atoms with Crippen molar-refractivity contribution >= 4 is 21.9 Å². The SMILES string of the molecule is CC(C)[C@H](NS(=O)(=O)c1ccccc1F)C(=O)OCC(=O)N1CCN(Cc2ccccc2)CC1. The highest BCUT2D eigenvalue weighted by atomic mass is 32.2. The quantitative estimate of drug-likeness (QED) is 0.539. The number of nitrogens with one attached hydrogen (secondary N) is 1. The molecular weight excluding hydrogens is 461 g/mol. The Balaban J connectivity index is 1.51. The smallest absolute Gasteiger partial charge is 0.324 e. The van der Waals surface area contributed by atoms with E-state index in [0.29, 0.717) is 26.2 Å². The van der Waals surface area contributed by atoms with Crippen molar-refractivity contribution in [2.24, 2.45) is 5.92 Å². The Morgan fingerprint density at radius 2 is 1.62 bits per heavy atom. The molecule has 0 bridgehead atoms. The van der Waals surface area contributed by atoms with E-state index < -0.39 is 45.3 Å². The van der Waals surface area contributed by atoms with Crippen LogP contribution < -0.4 is 4.72 Å². The highest BCUT2D eigenvalue weighted by Crippen LogP contribution is 2.16. The number of carbonyl (C=O) groups excluding carboxylic acids is 2. The van der Waals surface area contributed by atoms with Crippen LogP contribution in [0.4, 0.5) is 4.39 Å². The van der Waals surface area contributed by atoms with Crippen molar-refractivity contribution in [2.75, 3.05) is 32.8 Å². The van der Waals surface area contributed by atoms with Crippen LogP contribution in [0.2, 0.25) is 0 Å². The van der Waals surface area contributed by atoms with Gasteiger partial charge in [-0.3, -0.25) is 14.5 Å². The molecule has 3 rings (SSSR count). The van der Waals surface area contributed by atoms with Crippen LogP contribution in [-0.4, -0.2) is 68.9 Å². The molecule has 2 aromatic carbocycles. The Labute approximate surface area is 199 Å². The molecule has 184 valence electrons. The Hall–Kier alpha value is -2.82. The van der Waals surface area contributed by atoms with Crippen molar-refractivity contribution in [2.45, 2.75) is 31.3 Å². The number of benzene rings is 2. The summed E-state index contributed by atoms with van der Waals surface area (Å²) in [5, 5.41) is 0. The van der Waals surface area contributed by atoms with Crippen molar-refractivity contribution < 1.29 is 27.1 Å². The van der Waals surface area contributed by atoms with Crippen molar-refractivity contribution in [1.82, 2.24) is 14.5 Å². The molecule has 8 nitrogen and oxygen atoms in total. The number of piperazine rings is 1. The predicted molar refractivity (Wildman–Crippen MR) is 125 cm³/mol. The van der Waals surface area contributed by atoms with Gasteiger partial charge in [0.25, 0.3) is 5.91 Å². The summed E-state index contributed by atoms with van der Waals surface area (Å²) in [7, 11) is -4.30. The van der Waals surface area contributed by atoms with Gasteiger partial charge in [0.2, 0.25) is 10.0 Å². The second-order valence-electron chi connectivity index (χ2n) is 8.52. The molecule has 1 atom stereocenters. The summed E-state index contributed by atoms with van der Waals surface area (Å²) >= 11 is 0. The third kappa shape index (κ3) is 6.85. The van der Waals surface area contributed by atoms with Crippen LogP contribution in [0.15, 0.2) is 59.5 Å². The first-order valence-corrected chi connectivity index (χ1v) is 12.6. The van der Waals surface area contributed by atoms with Crippen LogP contribution in [0, 0.1) is 11.7 Å². The lowest BCUT2D eigenvalue weighted by molar-refractivity contribution is -0.154. The number of esters is 1. The van der Waals surface area contributed by atoms with E-state index in [1.165, 1.54) is 17.7 Å². The lowest BCUT2D eigenvalue weighted by atomic mass is 10.1. The number of nitrogens with zero attached hydrogens (tertiary/aromatic N) is 2. The van der Waals surface area contributed by atoms with Crippen LogP contribution >= 0.6 is 0 Å². The van der Waals surface area contributed by atoms with Gasteiger partial charge in [0.05, 0.1) is 0 Å². The van der Waals surface area contributed by atoms with Gasteiger partial charge < -0.3 is 9.64 Å². The average molecular weight is 492 g/mol. The number of amides is 1. The number of carbonyl (C=O) groups is 2. The molecule has 0 radical (unpaired) electrons. The molecule has 34 heavy (non-hydrogen) atoms. The molecule has 1 fully saturated rings. The molecular formula is C24H30FN3O5S. The fraction of sp³-hybridized carbons (Fsp3) is 0.417. The first-order valence-electron chi connectivity index (χ1n) is 11.1. The van der Waals surface area contributed by atoms with E-state index >= 15 is 0 Å². The highest BCUT2D eigenvalue weighted by molar-refractivity contribution is 7.89. The van der Waals surface area contributed by atoms with E-state index in [2.05, 4.69) is 21.8 Å². The molecule has 0 unspecified atom stereocenters. The van der Waals surface area contributed by atoms with E-state index in [1.807, 2.05) is 18.2 Å². The minimum Gasteiger partial charge on any atom is -0.454 e. The molecule has 0 saturated carbocycles. The van der Waals surface area contributed by atoms with Gasteiger partial charge in [0.1, 0.15) is 16.8 Å². The van der Waals surface area contributed by atoms with Crippen molar-refractivity contribution in [1.29, 1.82) is 0 Å². The number of ether oxygens (including phenoxy) is 1. The molecule has 0 aromatic heterocycles. The Morgan fingerprint density at radius 1 is 1.00 bits per heavy atom. The molecule has 1 heterocycles. The van der Waals surface area contributed by atoms with Crippen molar-refractivity contribution in [3.63, 3.8) is 0 Å². The largest absolute Gasteiger partial charge is 0.454 e. The van der Waals surface area contributed by atoms with Gasteiger partial charge in [-0.1, -0.05) is 56.3 Å². The van der Waals surface area contributed by atoms with Crippen LogP contribution in [0.3, 0.4) is 0 Å². The van der Waals surface area contributed by atoms with Gasteiger partial charge in [-0.05, 0) is 23.6 Å². The second kappa shape index (κ2) is 11.5. The highest BCUT2D eigenvalue weighted by Gasteiger charge is 2.32. The average Bonchev–Trinajstić information content (AvgIpc) is 2.82. The monoisotopic (exact) mass is 491 g/mol. The molecule has 1 aliphatic rings. The van der Waals surface area contributed by atoms with Gasteiger partial charge in [-0.25, -0.2) is 12.8 Å². The molecule has 1 amide bonds. The van der Waals surface area contributed by atoms with E-state index in [4.69, 9.17) is 4.74 Å². The lowest BCUT2D eigenvalue weighted by Crippen LogP contribution is -2.50. The van der Waals surface area contributed by atoms with Crippen LogP contribution in [0.1, 0.15) is 19.4 Å². The number of sulfonamides is 1. The first-order chi connectivity index (χ1) is 16.2. The molecule has 2 aromatic rings. The standard InChI is InChI=1S/C24H30FN3O5S/c1-18(2)23(26-34(31,32)21-11-7-6-10-20(21)25)24(30)33-17-22(29)28-14-12-27(13-15-28)16-19-8-4-3-5-9-19/h3-11,18,23,26H,12-17H2,1-2H3/t23-/m0/s1. The van der Waals surface area contributed by atoms with Gasteiger partial charge in [0.15, 0.2) is 6.61 Å². The van der Waals surface area contributed by atoms with E-state index in [-0.39, 0.29) is 5.91 Å².